The van der Waals surface area contributed by atoms with Crippen molar-refractivity contribution in [2.45, 2.75) is 59.3 Å². The third kappa shape index (κ3) is 6.29. The molecular weight excluding hydrogens is 444 g/mol. The number of rotatable bonds is 7. The summed E-state index contributed by atoms with van der Waals surface area (Å²) in [5, 5.41) is 3.63. The number of carbonyl (C=O) groups is 2. The van der Waals surface area contributed by atoms with Gasteiger partial charge in [-0.25, -0.2) is 9.59 Å². The summed E-state index contributed by atoms with van der Waals surface area (Å²) in [6.45, 7) is 9.58. The maximum Gasteiger partial charge on any atom is 0.408 e. The monoisotopic (exact) mass is 478 g/mol. The van der Waals surface area contributed by atoms with Gasteiger partial charge in [0.05, 0.1) is 11.6 Å². The first-order valence-corrected chi connectivity index (χ1v) is 11.7. The molecule has 1 atom stereocenters. The smallest absolute Gasteiger partial charge is 0.408 e. The third-order valence-corrected chi connectivity index (χ3v) is 5.63. The summed E-state index contributed by atoms with van der Waals surface area (Å²) in [5.74, 6) is -0.566. The predicted octanol–water partition coefficient (Wildman–Crippen LogP) is 5.05. The van der Waals surface area contributed by atoms with Crippen molar-refractivity contribution in [1.82, 2.24) is 9.88 Å². The van der Waals surface area contributed by atoms with Crippen molar-refractivity contribution in [3.63, 3.8) is 0 Å². The van der Waals surface area contributed by atoms with E-state index in [2.05, 4.69) is 5.32 Å². The number of benzene rings is 2. The van der Waals surface area contributed by atoms with Crippen molar-refractivity contribution in [1.29, 1.82) is 0 Å². The lowest BCUT2D eigenvalue weighted by Crippen LogP contribution is -2.55. The van der Waals surface area contributed by atoms with E-state index in [1.807, 2.05) is 57.2 Å². The van der Waals surface area contributed by atoms with Gasteiger partial charge in [0.1, 0.15) is 6.61 Å². The SMILES string of the molecule is CC(C)OC(=O)C(CC(C)(C)C)(NC(=O)OCc1ccccc1)c1ccc2c(ccc(=O)n2C)c1. The zero-order chi connectivity index (χ0) is 25.8. The molecular formula is C28H34N2O5. The number of aryl methyl sites for hydroxylation is 1. The number of amides is 1. The Balaban J connectivity index is 2.09. The van der Waals surface area contributed by atoms with Crippen LogP contribution in [0.1, 0.15) is 52.2 Å². The molecule has 0 aliphatic heterocycles. The van der Waals surface area contributed by atoms with E-state index in [4.69, 9.17) is 9.47 Å². The number of aromatic nitrogens is 1. The molecule has 1 heterocycles. The first-order valence-electron chi connectivity index (χ1n) is 11.7. The van der Waals surface area contributed by atoms with Crippen LogP contribution < -0.4 is 10.9 Å². The number of ether oxygens (including phenoxy) is 2. The van der Waals surface area contributed by atoms with Crippen LogP contribution in [0, 0.1) is 5.41 Å². The number of pyridine rings is 1. The Morgan fingerprint density at radius 2 is 1.69 bits per heavy atom. The largest absolute Gasteiger partial charge is 0.461 e. The molecule has 3 aromatic rings. The molecule has 35 heavy (non-hydrogen) atoms. The van der Waals surface area contributed by atoms with E-state index >= 15 is 0 Å². The molecule has 1 unspecified atom stereocenters. The van der Waals surface area contributed by atoms with Crippen LogP contribution in [0.3, 0.4) is 0 Å². The predicted molar refractivity (Wildman–Crippen MR) is 136 cm³/mol. The molecule has 0 fully saturated rings. The highest BCUT2D eigenvalue weighted by Crippen LogP contribution is 2.37. The maximum atomic E-state index is 13.7. The molecule has 0 aliphatic carbocycles. The molecule has 0 aliphatic rings. The van der Waals surface area contributed by atoms with Crippen molar-refractivity contribution >= 4 is 23.0 Å². The molecule has 0 saturated carbocycles. The molecule has 1 aromatic heterocycles. The molecule has 0 spiro atoms. The number of hydrogen-bond acceptors (Lipinski definition) is 5. The van der Waals surface area contributed by atoms with E-state index in [0.717, 1.165) is 16.5 Å². The summed E-state index contributed by atoms with van der Waals surface area (Å²) in [4.78, 5) is 38.8. The second-order valence-corrected chi connectivity index (χ2v) is 10.3. The number of esters is 1. The van der Waals surface area contributed by atoms with Gasteiger partial charge in [0, 0.05) is 13.1 Å². The van der Waals surface area contributed by atoms with Crippen LogP contribution in [-0.2, 0) is 33.5 Å². The van der Waals surface area contributed by atoms with Crippen LogP contribution in [-0.4, -0.2) is 22.7 Å². The van der Waals surface area contributed by atoms with Crippen molar-refractivity contribution in [2.75, 3.05) is 0 Å². The van der Waals surface area contributed by atoms with E-state index in [1.165, 1.54) is 6.07 Å². The zero-order valence-corrected chi connectivity index (χ0v) is 21.3. The molecule has 7 heteroatoms. The van der Waals surface area contributed by atoms with Gasteiger partial charge in [-0.15, -0.1) is 0 Å². The molecule has 2 aromatic carbocycles. The van der Waals surface area contributed by atoms with Crippen LogP contribution in [0.2, 0.25) is 0 Å². The lowest BCUT2D eigenvalue weighted by molar-refractivity contribution is -0.157. The molecule has 186 valence electrons. The number of hydrogen-bond donors (Lipinski definition) is 1. The van der Waals surface area contributed by atoms with Gasteiger partial charge in [-0.1, -0.05) is 57.2 Å². The first kappa shape index (κ1) is 26.0. The summed E-state index contributed by atoms with van der Waals surface area (Å²) >= 11 is 0. The fraction of sp³-hybridized carbons (Fsp3) is 0.393. The summed E-state index contributed by atoms with van der Waals surface area (Å²) in [6, 6.07) is 17.9. The molecule has 0 saturated heterocycles. The Bertz CT molecular complexity index is 1260. The van der Waals surface area contributed by atoms with Crippen molar-refractivity contribution in [3.05, 3.63) is 82.1 Å². The molecule has 0 bridgehead atoms. The summed E-state index contributed by atoms with van der Waals surface area (Å²) in [5.41, 5.74) is 0.115. The van der Waals surface area contributed by atoms with E-state index in [-0.39, 0.29) is 30.1 Å². The zero-order valence-electron chi connectivity index (χ0n) is 21.3. The van der Waals surface area contributed by atoms with Gasteiger partial charge in [-0.2, -0.15) is 0 Å². The third-order valence-electron chi connectivity index (χ3n) is 5.63. The van der Waals surface area contributed by atoms with Crippen LogP contribution in [0.4, 0.5) is 4.79 Å². The van der Waals surface area contributed by atoms with Crippen LogP contribution >= 0.6 is 0 Å². The number of nitrogens with one attached hydrogen (secondary N) is 1. The molecule has 0 radical (unpaired) electrons. The van der Waals surface area contributed by atoms with E-state index < -0.39 is 17.6 Å². The summed E-state index contributed by atoms with van der Waals surface area (Å²) in [7, 11) is 1.69. The van der Waals surface area contributed by atoms with Gasteiger partial charge in [0.15, 0.2) is 5.54 Å². The van der Waals surface area contributed by atoms with E-state index in [9.17, 15) is 14.4 Å². The Morgan fingerprint density at radius 1 is 1.00 bits per heavy atom. The Hall–Kier alpha value is -3.61. The minimum atomic E-state index is -1.50. The van der Waals surface area contributed by atoms with E-state index in [0.29, 0.717) is 5.56 Å². The van der Waals surface area contributed by atoms with Crippen LogP contribution in [0.5, 0.6) is 0 Å². The molecule has 1 amide bonds. The highest BCUT2D eigenvalue weighted by molar-refractivity contribution is 5.90. The topological polar surface area (TPSA) is 86.6 Å². The highest BCUT2D eigenvalue weighted by atomic mass is 16.6. The van der Waals surface area contributed by atoms with Gasteiger partial charge < -0.3 is 19.4 Å². The fourth-order valence-corrected chi connectivity index (χ4v) is 4.15. The number of carbonyl (C=O) groups excluding carboxylic acids is 2. The van der Waals surface area contributed by atoms with E-state index in [1.54, 1.807) is 43.7 Å². The molecule has 7 nitrogen and oxygen atoms in total. The van der Waals surface area contributed by atoms with Gasteiger partial charge in [0.25, 0.3) is 5.56 Å². The standard InChI is InChI=1S/C28H34N2O5/c1-19(2)35-25(32)28(18-27(3,4)5,29-26(33)34-17-20-10-8-7-9-11-20)22-13-14-23-21(16-22)12-15-24(31)30(23)6/h7-16,19H,17-18H2,1-6H3,(H,29,33). The molecule has 1 N–H and O–H groups in total. The highest BCUT2D eigenvalue weighted by Gasteiger charge is 2.47. The van der Waals surface area contributed by atoms with Gasteiger partial charge in [0.2, 0.25) is 0 Å². The fourth-order valence-electron chi connectivity index (χ4n) is 4.15. The normalized spacial score (nSPS) is 13.3. The summed E-state index contributed by atoms with van der Waals surface area (Å²) < 4.78 is 12.7. The van der Waals surface area contributed by atoms with Gasteiger partial charge in [-0.05, 0) is 60.4 Å². The second-order valence-electron chi connectivity index (χ2n) is 10.3. The molecule has 3 rings (SSSR count). The van der Waals surface area contributed by atoms with Crippen molar-refractivity contribution in [3.8, 4) is 0 Å². The first-order chi connectivity index (χ1) is 16.4. The lowest BCUT2D eigenvalue weighted by Gasteiger charge is -2.38. The summed E-state index contributed by atoms with van der Waals surface area (Å²) in [6.07, 6.45) is -0.840. The number of nitrogens with zero attached hydrogens (tertiary/aromatic N) is 1. The average molecular weight is 479 g/mol. The number of fused-ring (bicyclic) bond motifs is 1. The van der Waals surface area contributed by atoms with Crippen LogP contribution in [0.25, 0.3) is 10.9 Å². The average Bonchev–Trinajstić information content (AvgIpc) is 2.79. The Labute approximate surface area is 206 Å². The Morgan fingerprint density at radius 3 is 2.31 bits per heavy atom. The number of alkyl carbamates (subject to hydrolysis) is 1. The Kier molecular flexibility index (Phi) is 7.68. The van der Waals surface area contributed by atoms with Crippen molar-refractivity contribution < 1.29 is 19.1 Å². The quantitative estimate of drug-likeness (QED) is 0.481. The lowest BCUT2D eigenvalue weighted by atomic mass is 9.75. The minimum Gasteiger partial charge on any atom is -0.461 e. The second kappa shape index (κ2) is 10.3. The maximum absolute atomic E-state index is 13.7. The van der Waals surface area contributed by atoms with Gasteiger partial charge in [-0.3, -0.25) is 4.79 Å². The van der Waals surface area contributed by atoms with Crippen molar-refractivity contribution in [2.24, 2.45) is 12.5 Å². The van der Waals surface area contributed by atoms with Crippen LogP contribution in [0.15, 0.2) is 65.5 Å². The van der Waals surface area contributed by atoms with Gasteiger partial charge >= 0.3 is 12.1 Å². The minimum absolute atomic E-state index is 0.0668.